The average molecular weight is 411 g/mol. The highest BCUT2D eigenvalue weighted by atomic mass is 19.1. The van der Waals surface area contributed by atoms with Crippen molar-refractivity contribution in [3.63, 3.8) is 0 Å². The molecular weight excluding hydrogens is 389 g/mol. The van der Waals surface area contributed by atoms with Gasteiger partial charge < -0.3 is 10.1 Å². The fraction of sp³-hybridized carbons (Fsp3) is 0.148. The first-order chi connectivity index (χ1) is 15.0. The number of hydrogen-bond acceptors (Lipinski definition) is 2. The highest BCUT2D eigenvalue weighted by Crippen LogP contribution is 2.45. The number of allylic oxidation sites excluding steroid dienone is 2. The molecule has 4 aromatic rings. The maximum Gasteiger partial charge on any atom is 0.164 e. The summed E-state index contributed by atoms with van der Waals surface area (Å²) in [6.07, 6.45) is 0.239. The van der Waals surface area contributed by atoms with Gasteiger partial charge in [-0.2, -0.15) is 0 Å². The van der Waals surface area contributed by atoms with Crippen molar-refractivity contribution in [1.82, 2.24) is 4.98 Å². The highest BCUT2D eigenvalue weighted by molar-refractivity contribution is 6.02. The van der Waals surface area contributed by atoms with Crippen molar-refractivity contribution in [2.24, 2.45) is 0 Å². The molecule has 2 unspecified atom stereocenters. The number of Topliss-reactive ketones (excluding diaryl/α,β-unsaturated/α-hetero) is 1. The van der Waals surface area contributed by atoms with Crippen molar-refractivity contribution >= 4 is 16.7 Å². The van der Waals surface area contributed by atoms with Crippen LogP contribution in [-0.4, -0.2) is 15.9 Å². The van der Waals surface area contributed by atoms with Gasteiger partial charge in [-0.1, -0.05) is 60.7 Å². The Balaban J connectivity index is 1.72. The summed E-state index contributed by atoms with van der Waals surface area (Å²) in [5.74, 6) is -1.06. The molecule has 1 aromatic heterocycles. The molecular formula is C27H22FNO2. The lowest BCUT2D eigenvalue weighted by atomic mass is 9.85. The van der Waals surface area contributed by atoms with E-state index in [9.17, 15) is 14.3 Å². The summed E-state index contributed by atoms with van der Waals surface area (Å²) >= 11 is 0. The zero-order valence-electron chi connectivity index (χ0n) is 17.1. The molecule has 31 heavy (non-hydrogen) atoms. The number of benzene rings is 3. The molecule has 154 valence electrons. The van der Waals surface area contributed by atoms with Gasteiger partial charge in [-0.25, -0.2) is 4.39 Å². The van der Waals surface area contributed by atoms with Crippen LogP contribution in [0.15, 0.2) is 90.2 Å². The van der Waals surface area contributed by atoms with E-state index < -0.39 is 5.92 Å². The topological polar surface area (TPSA) is 53.1 Å². The fourth-order valence-electron chi connectivity index (χ4n) is 4.72. The number of aromatic amines is 1. The number of H-pyrrole nitrogens is 1. The minimum absolute atomic E-state index is 0.0653. The number of aliphatic hydroxyl groups excluding tert-OH is 1. The largest absolute Gasteiger partial charge is 0.511 e. The molecule has 2 atom stereocenters. The normalized spacial score (nSPS) is 17.5. The first-order valence-corrected chi connectivity index (χ1v) is 10.4. The van der Waals surface area contributed by atoms with Crippen LogP contribution in [0.1, 0.15) is 40.6 Å². The standard InChI is InChI=1S/C27H22FNO2/c1-16-20-14-19(28)12-13-22(20)29-26(16)24(18-10-6-3-7-11-18)25-23(30)15-21(27(25)31)17-8-4-2-5-9-17/h2-14,21,24,29,31H,15H2,1H3. The van der Waals surface area contributed by atoms with Gasteiger partial charge in [-0.05, 0) is 41.8 Å². The van der Waals surface area contributed by atoms with Crippen molar-refractivity contribution in [2.45, 2.75) is 25.2 Å². The second-order valence-electron chi connectivity index (χ2n) is 8.09. The van der Waals surface area contributed by atoms with Crippen LogP contribution >= 0.6 is 0 Å². The van der Waals surface area contributed by atoms with Crippen molar-refractivity contribution in [1.29, 1.82) is 0 Å². The van der Waals surface area contributed by atoms with E-state index in [2.05, 4.69) is 4.98 Å². The van der Waals surface area contributed by atoms with E-state index in [1.165, 1.54) is 12.1 Å². The van der Waals surface area contributed by atoms with E-state index in [0.29, 0.717) is 5.57 Å². The zero-order valence-corrected chi connectivity index (χ0v) is 17.1. The molecule has 0 saturated heterocycles. The quantitative estimate of drug-likeness (QED) is 0.413. The molecule has 0 amide bonds. The summed E-state index contributed by atoms with van der Waals surface area (Å²) in [7, 11) is 0. The van der Waals surface area contributed by atoms with Crippen molar-refractivity contribution in [2.75, 3.05) is 0 Å². The number of carbonyl (C=O) groups excluding carboxylic acids is 1. The third kappa shape index (κ3) is 3.25. The van der Waals surface area contributed by atoms with Crippen LogP contribution in [0.2, 0.25) is 0 Å². The Hall–Kier alpha value is -3.66. The number of hydrogen-bond donors (Lipinski definition) is 2. The number of fused-ring (bicyclic) bond motifs is 1. The summed E-state index contributed by atoms with van der Waals surface area (Å²) in [5.41, 5.74) is 4.72. The third-order valence-corrected chi connectivity index (χ3v) is 6.27. The van der Waals surface area contributed by atoms with Crippen molar-refractivity contribution in [3.8, 4) is 0 Å². The summed E-state index contributed by atoms with van der Waals surface area (Å²) in [6, 6.07) is 23.9. The number of carbonyl (C=O) groups is 1. The molecule has 0 spiro atoms. The molecule has 0 bridgehead atoms. The Morgan fingerprint density at radius 2 is 1.68 bits per heavy atom. The van der Waals surface area contributed by atoms with Crippen LogP contribution < -0.4 is 0 Å². The number of nitrogens with one attached hydrogen (secondary N) is 1. The van der Waals surface area contributed by atoms with Crippen molar-refractivity contribution < 1.29 is 14.3 Å². The van der Waals surface area contributed by atoms with Gasteiger partial charge in [0, 0.05) is 34.5 Å². The van der Waals surface area contributed by atoms with E-state index >= 15 is 0 Å². The van der Waals surface area contributed by atoms with Crippen LogP contribution in [0.25, 0.3) is 10.9 Å². The van der Waals surface area contributed by atoms with E-state index in [1.54, 1.807) is 6.07 Å². The molecule has 2 N–H and O–H groups in total. The van der Waals surface area contributed by atoms with Crippen LogP contribution in [0, 0.1) is 12.7 Å². The summed E-state index contributed by atoms with van der Waals surface area (Å²) in [6.45, 7) is 1.93. The van der Waals surface area contributed by atoms with Crippen LogP contribution in [-0.2, 0) is 4.79 Å². The molecule has 1 heterocycles. The second-order valence-corrected chi connectivity index (χ2v) is 8.09. The molecule has 1 aliphatic carbocycles. The fourth-order valence-corrected chi connectivity index (χ4v) is 4.72. The van der Waals surface area contributed by atoms with Gasteiger partial charge in [-0.3, -0.25) is 4.79 Å². The van der Waals surface area contributed by atoms with Gasteiger partial charge in [0.25, 0.3) is 0 Å². The Morgan fingerprint density at radius 1 is 1.00 bits per heavy atom. The van der Waals surface area contributed by atoms with Gasteiger partial charge in [0.1, 0.15) is 11.6 Å². The van der Waals surface area contributed by atoms with Gasteiger partial charge in [0.2, 0.25) is 0 Å². The van der Waals surface area contributed by atoms with Gasteiger partial charge in [0.15, 0.2) is 5.78 Å². The minimum atomic E-state index is -0.460. The summed E-state index contributed by atoms with van der Waals surface area (Å²) in [4.78, 5) is 16.6. The Morgan fingerprint density at radius 3 is 2.39 bits per heavy atom. The first-order valence-electron chi connectivity index (χ1n) is 10.4. The van der Waals surface area contributed by atoms with Crippen LogP contribution in [0.5, 0.6) is 0 Å². The van der Waals surface area contributed by atoms with Gasteiger partial charge in [-0.15, -0.1) is 0 Å². The van der Waals surface area contributed by atoms with Crippen LogP contribution in [0.3, 0.4) is 0 Å². The molecule has 0 fully saturated rings. The lowest BCUT2D eigenvalue weighted by Gasteiger charge is -2.19. The lowest BCUT2D eigenvalue weighted by Crippen LogP contribution is -2.12. The number of aryl methyl sites for hydroxylation is 1. The molecule has 5 rings (SSSR count). The minimum Gasteiger partial charge on any atom is -0.511 e. The van der Waals surface area contributed by atoms with E-state index in [-0.39, 0.29) is 29.7 Å². The summed E-state index contributed by atoms with van der Waals surface area (Å²) in [5, 5.41) is 12.0. The number of rotatable bonds is 4. The summed E-state index contributed by atoms with van der Waals surface area (Å²) < 4.78 is 13.9. The number of aliphatic hydroxyl groups is 1. The number of aromatic nitrogens is 1. The van der Waals surface area contributed by atoms with E-state index in [0.717, 1.165) is 33.3 Å². The molecule has 3 aromatic carbocycles. The molecule has 1 aliphatic rings. The maximum absolute atomic E-state index is 13.9. The lowest BCUT2D eigenvalue weighted by molar-refractivity contribution is -0.115. The van der Waals surface area contributed by atoms with Crippen LogP contribution in [0.4, 0.5) is 4.39 Å². The molecule has 0 aliphatic heterocycles. The smallest absolute Gasteiger partial charge is 0.164 e. The number of halogens is 1. The van der Waals surface area contributed by atoms with Gasteiger partial charge >= 0.3 is 0 Å². The van der Waals surface area contributed by atoms with E-state index in [4.69, 9.17) is 0 Å². The van der Waals surface area contributed by atoms with E-state index in [1.807, 2.05) is 67.6 Å². The monoisotopic (exact) mass is 411 g/mol. The highest BCUT2D eigenvalue weighted by Gasteiger charge is 2.39. The Kier molecular flexibility index (Phi) is 4.70. The molecule has 0 radical (unpaired) electrons. The third-order valence-electron chi connectivity index (χ3n) is 6.27. The SMILES string of the molecule is Cc1c(C(C2=C(O)C(c3ccccc3)CC2=O)c2ccccc2)[nH]c2ccc(F)cc12. The first kappa shape index (κ1) is 19.3. The van der Waals surface area contributed by atoms with Gasteiger partial charge in [0.05, 0.1) is 5.92 Å². The second kappa shape index (κ2) is 7.55. The maximum atomic E-state index is 13.9. The number of ketones is 1. The molecule has 4 heteroatoms. The zero-order chi connectivity index (χ0) is 21.5. The Bertz CT molecular complexity index is 1310. The van der Waals surface area contributed by atoms with Crippen molar-refractivity contribution in [3.05, 3.63) is 118 Å². The Labute approximate surface area is 179 Å². The average Bonchev–Trinajstić information content (AvgIpc) is 3.27. The molecule has 3 nitrogen and oxygen atoms in total. The predicted molar refractivity (Wildman–Crippen MR) is 120 cm³/mol. The molecule has 0 saturated carbocycles. The predicted octanol–water partition coefficient (Wildman–Crippen LogP) is 6.32.